The van der Waals surface area contributed by atoms with Gasteiger partial charge in [-0.05, 0) is 37.0 Å². The maximum Gasteiger partial charge on any atom is 0.407 e. The number of cyclic esters (lactones) is 1. The van der Waals surface area contributed by atoms with Crippen molar-refractivity contribution in [3.8, 4) is 5.75 Å². The van der Waals surface area contributed by atoms with Gasteiger partial charge >= 0.3 is 6.09 Å². The molecule has 1 N–H and O–H groups in total. The average molecular weight is 311 g/mol. The van der Waals surface area contributed by atoms with Gasteiger partial charge in [0.05, 0.1) is 5.54 Å². The summed E-state index contributed by atoms with van der Waals surface area (Å²) >= 11 is 0. The van der Waals surface area contributed by atoms with Crippen LogP contribution in [-0.4, -0.2) is 18.2 Å². The minimum absolute atomic E-state index is 0.302. The van der Waals surface area contributed by atoms with Crippen molar-refractivity contribution in [3.63, 3.8) is 0 Å². The number of hydrogen-bond donors (Lipinski definition) is 1. The van der Waals surface area contributed by atoms with E-state index in [9.17, 15) is 4.79 Å². The first-order valence-corrected chi connectivity index (χ1v) is 7.84. The number of amides is 1. The van der Waals surface area contributed by atoms with Crippen molar-refractivity contribution < 1.29 is 14.3 Å². The molecule has 1 saturated heterocycles. The molecule has 0 radical (unpaired) electrons. The minimum Gasteiger partial charge on any atom is -0.489 e. The van der Waals surface area contributed by atoms with Gasteiger partial charge in [0.2, 0.25) is 0 Å². The molecule has 1 aliphatic rings. The van der Waals surface area contributed by atoms with Crippen molar-refractivity contribution in [1.29, 1.82) is 0 Å². The standard InChI is InChI=1S/C19H21NO3/c1-19(14-23-18(21)20-19)12-11-16-9-5-6-10-17(16)22-13-15-7-3-2-4-8-15/h2-10H,11-14H2,1H3,(H,20,21). The molecular weight excluding hydrogens is 290 g/mol. The second kappa shape index (κ2) is 6.73. The van der Waals surface area contributed by atoms with Crippen molar-refractivity contribution in [2.24, 2.45) is 0 Å². The van der Waals surface area contributed by atoms with E-state index in [0.29, 0.717) is 13.2 Å². The number of benzene rings is 2. The van der Waals surface area contributed by atoms with Crippen molar-refractivity contribution >= 4 is 6.09 Å². The quantitative estimate of drug-likeness (QED) is 0.885. The number of hydrogen-bond acceptors (Lipinski definition) is 3. The molecule has 0 aliphatic carbocycles. The van der Waals surface area contributed by atoms with E-state index in [4.69, 9.17) is 9.47 Å². The van der Waals surface area contributed by atoms with Gasteiger partial charge in [0.25, 0.3) is 0 Å². The Morgan fingerprint density at radius 1 is 1.13 bits per heavy atom. The van der Waals surface area contributed by atoms with Gasteiger partial charge in [0.15, 0.2) is 0 Å². The first kappa shape index (κ1) is 15.4. The van der Waals surface area contributed by atoms with Crippen molar-refractivity contribution in [1.82, 2.24) is 5.32 Å². The SMILES string of the molecule is CC1(CCc2ccccc2OCc2ccccc2)COC(=O)N1. The summed E-state index contributed by atoms with van der Waals surface area (Å²) in [5, 5.41) is 2.88. The Morgan fingerprint density at radius 3 is 2.61 bits per heavy atom. The lowest BCUT2D eigenvalue weighted by Gasteiger charge is -2.21. The molecule has 2 aromatic rings. The summed E-state index contributed by atoms with van der Waals surface area (Å²) < 4.78 is 11.0. The van der Waals surface area contributed by atoms with Gasteiger partial charge < -0.3 is 14.8 Å². The average Bonchev–Trinajstić information content (AvgIpc) is 2.92. The topological polar surface area (TPSA) is 47.6 Å². The third-order valence-corrected chi connectivity index (χ3v) is 4.08. The van der Waals surface area contributed by atoms with E-state index in [0.717, 1.165) is 29.7 Å². The maximum atomic E-state index is 11.2. The summed E-state index contributed by atoms with van der Waals surface area (Å²) in [6.07, 6.45) is 1.30. The number of para-hydroxylation sites is 1. The van der Waals surface area contributed by atoms with Gasteiger partial charge in [0.1, 0.15) is 19.0 Å². The van der Waals surface area contributed by atoms with E-state index in [1.54, 1.807) is 0 Å². The van der Waals surface area contributed by atoms with Gasteiger partial charge in [-0.2, -0.15) is 0 Å². The molecule has 4 nitrogen and oxygen atoms in total. The molecule has 1 fully saturated rings. The van der Waals surface area contributed by atoms with E-state index in [2.05, 4.69) is 23.5 Å². The molecule has 0 bridgehead atoms. The molecule has 23 heavy (non-hydrogen) atoms. The lowest BCUT2D eigenvalue weighted by molar-refractivity contribution is 0.172. The van der Waals surface area contributed by atoms with E-state index in [1.165, 1.54) is 0 Å². The lowest BCUT2D eigenvalue weighted by atomic mass is 9.94. The molecule has 2 aromatic carbocycles. The first-order chi connectivity index (χ1) is 11.1. The van der Waals surface area contributed by atoms with Crippen LogP contribution in [0.25, 0.3) is 0 Å². The highest BCUT2D eigenvalue weighted by atomic mass is 16.6. The van der Waals surface area contributed by atoms with E-state index in [1.807, 2.05) is 43.3 Å². The zero-order valence-electron chi connectivity index (χ0n) is 13.2. The Hall–Kier alpha value is -2.49. The number of carbonyl (C=O) groups excluding carboxylic acids is 1. The molecule has 120 valence electrons. The summed E-state index contributed by atoms with van der Waals surface area (Å²) in [5.74, 6) is 0.894. The predicted molar refractivity (Wildman–Crippen MR) is 88.4 cm³/mol. The highest BCUT2D eigenvalue weighted by molar-refractivity contribution is 5.70. The summed E-state index contributed by atoms with van der Waals surface area (Å²) in [7, 11) is 0. The Bertz CT molecular complexity index is 671. The fourth-order valence-electron chi connectivity index (χ4n) is 2.68. The Morgan fingerprint density at radius 2 is 1.87 bits per heavy atom. The van der Waals surface area contributed by atoms with Crippen LogP contribution in [0.1, 0.15) is 24.5 Å². The molecule has 0 aromatic heterocycles. The third-order valence-electron chi connectivity index (χ3n) is 4.08. The summed E-state index contributed by atoms with van der Waals surface area (Å²) in [6, 6.07) is 18.2. The second-order valence-electron chi connectivity index (χ2n) is 6.14. The Labute approximate surface area is 136 Å². The zero-order valence-corrected chi connectivity index (χ0v) is 13.2. The molecule has 0 saturated carbocycles. The normalized spacial score (nSPS) is 20.0. The van der Waals surface area contributed by atoms with Gasteiger partial charge in [-0.25, -0.2) is 4.79 Å². The first-order valence-electron chi connectivity index (χ1n) is 7.84. The van der Waals surface area contributed by atoms with Crippen LogP contribution in [0.4, 0.5) is 4.79 Å². The van der Waals surface area contributed by atoms with Crippen LogP contribution in [0, 0.1) is 0 Å². The summed E-state index contributed by atoms with van der Waals surface area (Å²) in [6.45, 7) is 2.97. The monoisotopic (exact) mass is 311 g/mol. The number of rotatable bonds is 6. The van der Waals surface area contributed by atoms with Gasteiger partial charge in [0, 0.05) is 0 Å². The van der Waals surface area contributed by atoms with Gasteiger partial charge in [-0.1, -0.05) is 48.5 Å². The lowest BCUT2D eigenvalue weighted by Crippen LogP contribution is -2.40. The van der Waals surface area contributed by atoms with Crippen LogP contribution in [0.2, 0.25) is 0 Å². The molecule has 4 heteroatoms. The van der Waals surface area contributed by atoms with Crippen molar-refractivity contribution in [2.45, 2.75) is 31.9 Å². The summed E-state index contributed by atoms with van der Waals surface area (Å²) in [4.78, 5) is 11.2. The Kier molecular flexibility index (Phi) is 4.51. The fourth-order valence-corrected chi connectivity index (χ4v) is 2.68. The number of ether oxygens (including phenoxy) is 2. The van der Waals surface area contributed by atoms with E-state index >= 15 is 0 Å². The summed E-state index contributed by atoms with van der Waals surface area (Å²) in [5.41, 5.74) is 1.99. The molecule has 1 amide bonds. The number of aryl methyl sites for hydroxylation is 1. The van der Waals surface area contributed by atoms with Gasteiger partial charge in [-0.3, -0.25) is 0 Å². The molecule has 0 spiro atoms. The van der Waals surface area contributed by atoms with Crippen LogP contribution in [0.3, 0.4) is 0 Å². The van der Waals surface area contributed by atoms with E-state index in [-0.39, 0.29) is 11.6 Å². The molecule has 1 atom stereocenters. The highest BCUT2D eigenvalue weighted by Gasteiger charge is 2.34. The molecule has 3 rings (SSSR count). The maximum absolute atomic E-state index is 11.2. The van der Waals surface area contributed by atoms with Gasteiger partial charge in [-0.15, -0.1) is 0 Å². The van der Waals surface area contributed by atoms with Crippen LogP contribution < -0.4 is 10.1 Å². The molecule has 1 heterocycles. The van der Waals surface area contributed by atoms with Crippen molar-refractivity contribution in [2.75, 3.05) is 6.61 Å². The van der Waals surface area contributed by atoms with E-state index < -0.39 is 0 Å². The molecule has 1 aliphatic heterocycles. The molecule has 1 unspecified atom stereocenters. The third kappa shape index (κ3) is 4.03. The second-order valence-corrected chi connectivity index (χ2v) is 6.14. The largest absolute Gasteiger partial charge is 0.489 e. The highest BCUT2D eigenvalue weighted by Crippen LogP contribution is 2.25. The number of nitrogens with one attached hydrogen (secondary N) is 1. The zero-order chi connectivity index (χ0) is 16.1. The van der Waals surface area contributed by atoms with Crippen molar-refractivity contribution in [3.05, 3.63) is 65.7 Å². The fraction of sp³-hybridized carbons (Fsp3) is 0.316. The molecular formula is C19H21NO3. The number of carbonyl (C=O) groups is 1. The Balaban J connectivity index is 1.62. The van der Waals surface area contributed by atoms with Crippen LogP contribution in [0.5, 0.6) is 5.75 Å². The predicted octanol–water partition coefficient (Wildman–Crippen LogP) is 3.70. The van der Waals surface area contributed by atoms with Crippen LogP contribution in [-0.2, 0) is 17.8 Å². The van der Waals surface area contributed by atoms with Crippen LogP contribution >= 0.6 is 0 Å². The minimum atomic E-state index is -0.332. The smallest absolute Gasteiger partial charge is 0.407 e. The van der Waals surface area contributed by atoms with Crippen LogP contribution in [0.15, 0.2) is 54.6 Å². The number of alkyl carbamates (subject to hydrolysis) is 1.